The standard InChI is InChI=1S/C11H11NO5S2/c13-11(14)10-9(4-7-18-10)19(15,16)12-5-3-8-2-1-6-17-8/h1-2,4,6-7,12H,3,5H2,(H,13,14). The van der Waals surface area contributed by atoms with Gasteiger partial charge in [0.15, 0.2) is 0 Å². The average Bonchev–Trinajstić information content (AvgIpc) is 2.99. The van der Waals surface area contributed by atoms with Gasteiger partial charge < -0.3 is 9.52 Å². The molecule has 0 aromatic carbocycles. The van der Waals surface area contributed by atoms with Gasteiger partial charge in [-0.2, -0.15) is 0 Å². The molecule has 0 aliphatic carbocycles. The van der Waals surface area contributed by atoms with Crippen LogP contribution < -0.4 is 4.72 Å². The molecule has 2 N–H and O–H groups in total. The number of carboxylic acids is 1. The fourth-order valence-corrected chi connectivity index (χ4v) is 3.80. The lowest BCUT2D eigenvalue weighted by Gasteiger charge is -2.05. The van der Waals surface area contributed by atoms with Gasteiger partial charge in [0, 0.05) is 13.0 Å². The number of sulfonamides is 1. The molecule has 0 atom stereocenters. The van der Waals surface area contributed by atoms with Gasteiger partial charge >= 0.3 is 5.97 Å². The summed E-state index contributed by atoms with van der Waals surface area (Å²) in [4.78, 5) is 10.5. The normalized spacial score (nSPS) is 11.6. The summed E-state index contributed by atoms with van der Waals surface area (Å²) >= 11 is 0.879. The molecule has 102 valence electrons. The molecule has 2 aromatic heterocycles. The molecule has 0 saturated heterocycles. The van der Waals surface area contributed by atoms with E-state index in [1.807, 2.05) is 0 Å². The first kappa shape index (κ1) is 13.8. The SMILES string of the molecule is O=C(O)c1sccc1S(=O)(=O)NCCc1ccco1. The van der Waals surface area contributed by atoms with Crippen molar-refractivity contribution in [3.8, 4) is 0 Å². The average molecular weight is 301 g/mol. The van der Waals surface area contributed by atoms with E-state index in [2.05, 4.69) is 4.72 Å². The Balaban J connectivity index is 2.06. The monoisotopic (exact) mass is 301 g/mol. The molecule has 2 aromatic rings. The van der Waals surface area contributed by atoms with Gasteiger partial charge in [-0.1, -0.05) is 0 Å². The quantitative estimate of drug-likeness (QED) is 0.844. The number of thiophene rings is 1. The maximum absolute atomic E-state index is 11.9. The molecule has 0 unspecified atom stereocenters. The molecule has 19 heavy (non-hydrogen) atoms. The lowest BCUT2D eigenvalue weighted by molar-refractivity contribution is 0.0698. The first-order valence-corrected chi connectivity index (χ1v) is 7.70. The van der Waals surface area contributed by atoms with Crippen molar-refractivity contribution >= 4 is 27.3 Å². The molecular formula is C11H11NO5S2. The van der Waals surface area contributed by atoms with E-state index < -0.39 is 16.0 Å². The van der Waals surface area contributed by atoms with Crippen LogP contribution in [-0.2, 0) is 16.4 Å². The lowest BCUT2D eigenvalue weighted by atomic mass is 10.3. The third-order valence-electron chi connectivity index (χ3n) is 2.36. The highest BCUT2D eigenvalue weighted by Crippen LogP contribution is 2.21. The van der Waals surface area contributed by atoms with Gasteiger partial charge in [0.25, 0.3) is 0 Å². The van der Waals surface area contributed by atoms with Crippen molar-refractivity contribution in [1.29, 1.82) is 0 Å². The van der Waals surface area contributed by atoms with Crippen LogP contribution in [0.4, 0.5) is 0 Å². The summed E-state index contributed by atoms with van der Waals surface area (Å²) < 4.78 is 31.3. The van der Waals surface area contributed by atoms with Gasteiger partial charge in [0.1, 0.15) is 15.5 Å². The summed E-state index contributed by atoms with van der Waals surface area (Å²) in [5, 5.41) is 10.3. The molecule has 0 radical (unpaired) electrons. The zero-order chi connectivity index (χ0) is 13.9. The van der Waals surface area contributed by atoms with E-state index in [4.69, 9.17) is 9.52 Å². The highest BCUT2D eigenvalue weighted by atomic mass is 32.2. The zero-order valence-electron chi connectivity index (χ0n) is 9.70. The van der Waals surface area contributed by atoms with E-state index in [1.54, 1.807) is 12.1 Å². The molecule has 2 rings (SSSR count). The second-order valence-electron chi connectivity index (χ2n) is 3.65. The molecule has 2 heterocycles. The Bertz CT molecular complexity index is 657. The van der Waals surface area contributed by atoms with Gasteiger partial charge in [-0.25, -0.2) is 17.9 Å². The third-order valence-corrected chi connectivity index (χ3v) is 4.89. The lowest BCUT2D eigenvalue weighted by Crippen LogP contribution is -2.26. The number of rotatable bonds is 6. The summed E-state index contributed by atoms with van der Waals surface area (Å²) in [7, 11) is -3.81. The van der Waals surface area contributed by atoms with E-state index >= 15 is 0 Å². The fraction of sp³-hybridized carbons (Fsp3) is 0.182. The number of hydrogen-bond donors (Lipinski definition) is 2. The second-order valence-corrected chi connectivity index (χ2v) is 6.30. The van der Waals surface area contributed by atoms with E-state index in [9.17, 15) is 13.2 Å². The maximum atomic E-state index is 11.9. The van der Waals surface area contributed by atoms with E-state index in [1.165, 1.54) is 17.7 Å². The first-order valence-electron chi connectivity index (χ1n) is 5.33. The van der Waals surface area contributed by atoms with Gasteiger partial charge in [0.05, 0.1) is 6.26 Å². The van der Waals surface area contributed by atoms with Gasteiger partial charge in [0.2, 0.25) is 10.0 Å². The number of hydrogen-bond acceptors (Lipinski definition) is 5. The molecule has 0 saturated carbocycles. The molecule has 0 spiro atoms. The van der Waals surface area contributed by atoms with Crippen LogP contribution in [0, 0.1) is 0 Å². The predicted molar refractivity (Wildman–Crippen MR) is 68.9 cm³/mol. The number of nitrogens with one attached hydrogen (secondary N) is 1. The summed E-state index contributed by atoms with van der Waals surface area (Å²) in [5.41, 5.74) is 0. The number of aromatic carboxylic acids is 1. The molecule has 0 aliphatic heterocycles. The molecular weight excluding hydrogens is 290 g/mol. The first-order chi connectivity index (χ1) is 9.00. The Kier molecular flexibility index (Phi) is 4.03. The van der Waals surface area contributed by atoms with Crippen molar-refractivity contribution in [2.75, 3.05) is 6.54 Å². The van der Waals surface area contributed by atoms with Crippen LogP contribution >= 0.6 is 11.3 Å². The maximum Gasteiger partial charge on any atom is 0.347 e. The minimum Gasteiger partial charge on any atom is -0.477 e. The van der Waals surface area contributed by atoms with Gasteiger partial charge in [-0.05, 0) is 23.6 Å². The van der Waals surface area contributed by atoms with Crippen LogP contribution in [0.1, 0.15) is 15.4 Å². The number of carbonyl (C=O) groups is 1. The van der Waals surface area contributed by atoms with Crippen LogP contribution in [0.3, 0.4) is 0 Å². The molecule has 0 bridgehead atoms. The Hall–Kier alpha value is -1.64. The smallest absolute Gasteiger partial charge is 0.347 e. The third kappa shape index (κ3) is 3.22. The van der Waals surface area contributed by atoms with Crippen molar-refractivity contribution in [2.24, 2.45) is 0 Å². The van der Waals surface area contributed by atoms with Gasteiger partial charge in [-0.15, -0.1) is 11.3 Å². The second kappa shape index (κ2) is 5.55. The van der Waals surface area contributed by atoms with Gasteiger partial charge in [-0.3, -0.25) is 0 Å². The largest absolute Gasteiger partial charge is 0.477 e. The predicted octanol–water partition coefficient (Wildman–Crippen LogP) is 1.56. The highest BCUT2D eigenvalue weighted by Gasteiger charge is 2.23. The Morgan fingerprint density at radius 1 is 1.42 bits per heavy atom. The van der Waals surface area contributed by atoms with Crippen LogP contribution in [0.25, 0.3) is 0 Å². The van der Waals surface area contributed by atoms with Crippen LogP contribution in [0.5, 0.6) is 0 Å². The van der Waals surface area contributed by atoms with Crippen molar-refractivity contribution in [1.82, 2.24) is 4.72 Å². The van der Waals surface area contributed by atoms with E-state index in [0.717, 1.165) is 11.3 Å². The van der Waals surface area contributed by atoms with Crippen molar-refractivity contribution < 1.29 is 22.7 Å². The highest BCUT2D eigenvalue weighted by molar-refractivity contribution is 7.89. The fourth-order valence-electron chi connectivity index (χ4n) is 1.51. The zero-order valence-corrected chi connectivity index (χ0v) is 11.3. The minimum absolute atomic E-state index is 0.144. The number of carboxylic acid groups (broad SMARTS) is 1. The minimum atomic E-state index is -3.81. The molecule has 0 amide bonds. The Labute approximate surface area is 113 Å². The molecule has 0 fully saturated rings. The molecule has 0 aliphatic rings. The Morgan fingerprint density at radius 3 is 2.84 bits per heavy atom. The summed E-state index contributed by atoms with van der Waals surface area (Å²) in [5.74, 6) is -0.590. The van der Waals surface area contributed by atoms with Crippen molar-refractivity contribution in [2.45, 2.75) is 11.3 Å². The topological polar surface area (TPSA) is 96.6 Å². The van der Waals surface area contributed by atoms with Crippen LogP contribution in [-0.4, -0.2) is 26.0 Å². The Morgan fingerprint density at radius 2 is 2.21 bits per heavy atom. The summed E-state index contributed by atoms with van der Waals surface area (Å²) in [6.07, 6.45) is 1.91. The molecule has 6 nitrogen and oxygen atoms in total. The van der Waals surface area contributed by atoms with Crippen LogP contribution in [0.2, 0.25) is 0 Å². The van der Waals surface area contributed by atoms with E-state index in [0.29, 0.717) is 12.2 Å². The number of furan rings is 1. The van der Waals surface area contributed by atoms with Crippen molar-refractivity contribution in [3.05, 3.63) is 40.5 Å². The van der Waals surface area contributed by atoms with Crippen molar-refractivity contribution in [3.63, 3.8) is 0 Å². The summed E-state index contributed by atoms with van der Waals surface area (Å²) in [6, 6.07) is 4.73. The van der Waals surface area contributed by atoms with Crippen LogP contribution in [0.15, 0.2) is 39.2 Å². The van der Waals surface area contributed by atoms with E-state index in [-0.39, 0.29) is 16.3 Å². The molecule has 8 heteroatoms. The summed E-state index contributed by atoms with van der Waals surface area (Å²) in [6.45, 7) is 0.144.